The zero-order valence-electron chi connectivity index (χ0n) is 13.5. The smallest absolute Gasteiger partial charge is 0.0860 e. The Kier molecular flexibility index (Phi) is 4.50. The highest BCUT2D eigenvalue weighted by Gasteiger charge is 2.55. The van der Waals surface area contributed by atoms with Crippen LogP contribution in [0.3, 0.4) is 0 Å². The molecule has 114 valence electrons. The summed E-state index contributed by atoms with van der Waals surface area (Å²) in [6, 6.07) is 2.60. The van der Waals surface area contributed by atoms with Crippen LogP contribution in [-0.2, 0) is 0 Å². The molecule has 0 bridgehead atoms. The summed E-state index contributed by atoms with van der Waals surface area (Å²) in [4.78, 5) is 0. The van der Waals surface area contributed by atoms with Gasteiger partial charge < -0.3 is 5.11 Å². The van der Waals surface area contributed by atoms with Gasteiger partial charge in [0.1, 0.15) is 0 Å². The number of rotatable bonds is 1. The van der Waals surface area contributed by atoms with Crippen LogP contribution in [0.5, 0.6) is 0 Å². The summed E-state index contributed by atoms with van der Waals surface area (Å²) in [6.07, 6.45) is 10.5. The summed E-state index contributed by atoms with van der Waals surface area (Å²) in [5.74, 6) is 0.513. The molecule has 2 heteroatoms. The van der Waals surface area contributed by atoms with Gasteiger partial charge in [0.05, 0.1) is 17.1 Å². The third-order valence-corrected chi connectivity index (χ3v) is 5.67. The Morgan fingerprint density at radius 1 is 1.00 bits per heavy atom. The van der Waals surface area contributed by atoms with Gasteiger partial charge in [0.15, 0.2) is 0 Å². The van der Waals surface area contributed by atoms with Crippen molar-refractivity contribution in [3.63, 3.8) is 0 Å². The second kappa shape index (κ2) is 5.68. The second-order valence-corrected chi connectivity index (χ2v) is 8.35. The van der Waals surface area contributed by atoms with E-state index >= 15 is 0 Å². The quantitative estimate of drug-likeness (QED) is 0.747. The third kappa shape index (κ3) is 3.03. The lowest BCUT2D eigenvalue weighted by Crippen LogP contribution is -2.54. The van der Waals surface area contributed by atoms with E-state index in [0.29, 0.717) is 5.92 Å². The van der Waals surface area contributed by atoms with E-state index in [1.165, 1.54) is 19.3 Å². The lowest BCUT2D eigenvalue weighted by molar-refractivity contribution is -0.133. The Bertz CT molecular complexity index is 373. The molecule has 0 aliphatic heterocycles. The van der Waals surface area contributed by atoms with E-state index < -0.39 is 11.0 Å². The molecule has 2 aliphatic carbocycles. The highest BCUT2D eigenvalue weighted by Crippen LogP contribution is 2.55. The van der Waals surface area contributed by atoms with Crippen LogP contribution in [0.25, 0.3) is 0 Å². The van der Waals surface area contributed by atoms with Crippen molar-refractivity contribution in [1.29, 1.82) is 5.26 Å². The molecule has 2 rings (SSSR count). The number of nitriles is 1. The second-order valence-electron chi connectivity index (χ2n) is 8.35. The van der Waals surface area contributed by atoms with Gasteiger partial charge in [-0.3, -0.25) is 0 Å². The van der Waals surface area contributed by atoms with Crippen molar-refractivity contribution in [1.82, 2.24) is 0 Å². The van der Waals surface area contributed by atoms with E-state index in [4.69, 9.17) is 0 Å². The molecule has 2 saturated carbocycles. The van der Waals surface area contributed by atoms with E-state index in [1.54, 1.807) is 0 Å². The van der Waals surface area contributed by atoms with Crippen molar-refractivity contribution in [3.8, 4) is 6.07 Å². The monoisotopic (exact) mass is 277 g/mol. The van der Waals surface area contributed by atoms with E-state index in [1.807, 2.05) is 0 Å². The number of aliphatic hydroxyl groups is 1. The Hall–Kier alpha value is -0.550. The fourth-order valence-electron chi connectivity index (χ4n) is 5.08. The maximum absolute atomic E-state index is 11.4. The zero-order valence-corrected chi connectivity index (χ0v) is 13.5. The van der Waals surface area contributed by atoms with Gasteiger partial charge in [0.25, 0.3) is 0 Å². The van der Waals surface area contributed by atoms with Crippen LogP contribution >= 0.6 is 0 Å². The van der Waals surface area contributed by atoms with Crippen LogP contribution in [0, 0.1) is 28.1 Å². The molecular weight excluding hydrogens is 246 g/mol. The minimum absolute atomic E-state index is 0.151. The average molecular weight is 277 g/mol. The molecule has 0 heterocycles. The topological polar surface area (TPSA) is 44.0 Å². The largest absolute Gasteiger partial charge is 0.388 e. The van der Waals surface area contributed by atoms with Crippen molar-refractivity contribution < 1.29 is 5.11 Å². The van der Waals surface area contributed by atoms with Gasteiger partial charge in [-0.05, 0) is 43.4 Å². The first-order chi connectivity index (χ1) is 9.33. The molecule has 0 aromatic carbocycles. The van der Waals surface area contributed by atoms with Gasteiger partial charge in [0.2, 0.25) is 0 Å². The van der Waals surface area contributed by atoms with Gasteiger partial charge in [-0.25, -0.2) is 0 Å². The van der Waals surface area contributed by atoms with Crippen LogP contribution in [0.2, 0.25) is 0 Å². The molecule has 0 aromatic heterocycles. The number of hydrogen-bond acceptors (Lipinski definition) is 2. The zero-order chi connectivity index (χ0) is 14.9. The SMILES string of the molecule is CC1CC(C)(C)CC(O)(C2(C#N)CCCCCCC2)C1. The Morgan fingerprint density at radius 3 is 2.05 bits per heavy atom. The van der Waals surface area contributed by atoms with Crippen LogP contribution < -0.4 is 0 Å². The van der Waals surface area contributed by atoms with Gasteiger partial charge in [-0.2, -0.15) is 5.26 Å². The van der Waals surface area contributed by atoms with E-state index in [9.17, 15) is 10.4 Å². The number of nitrogens with zero attached hydrogens (tertiary/aromatic N) is 1. The number of hydrogen-bond donors (Lipinski definition) is 1. The Morgan fingerprint density at radius 2 is 1.55 bits per heavy atom. The van der Waals surface area contributed by atoms with Crippen LogP contribution in [0.1, 0.15) is 85.0 Å². The maximum Gasteiger partial charge on any atom is 0.0860 e. The van der Waals surface area contributed by atoms with Gasteiger partial charge in [0, 0.05) is 0 Å². The summed E-state index contributed by atoms with van der Waals surface area (Å²) in [7, 11) is 0. The van der Waals surface area contributed by atoms with E-state index in [0.717, 1.165) is 44.9 Å². The average Bonchev–Trinajstić information content (AvgIpc) is 2.25. The van der Waals surface area contributed by atoms with Gasteiger partial charge in [-0.15, -0.1) is 0 Å². The summed E-state index contributed by atoms with van der Waals surface area (Å²) < 4.78 is 0. The van der Waals surface area contributed by atoms with Gasteiger partial charge >= 0.3 is 0 Å². The predicted molar refractivity (Wildman–Crippen MR) is 82.1 cm³/mol. The minimum atomic E-state index is -0.778. The molecular formula is C18H31NO. The van der Waals surface area contributed by atoms with Gasteiger partial charge in [-0.1, -0.05) is 52.9 Å². The van der Waals surface area contributed by atoms with Crippen molar-refractivity contribution in [3.05, 3.63) is 0 Å². The molecule has 0 saturated heterocycles. The molecule has 0 aromatic rings. The molecule has 1 N–H and O–H groups in total. The summed E-state index contributed by atoms with van der Waals surface area (Å²) in [6.45, 7) is 6.74. The molecule has 2 nitrogen and oxygen atoms in total. The molecule has 0 amide bonds. The fraction of sp³-hybridized carbons (Fsp3) is 0.944. The molecule has 0 spiro atoms. The van der Waals surface area contributed by atoms with E-state index in [2.05, 4.69) is 26.8 Å². The molecule has 0 radical (unpaired) electrons. The molecule has 2 atom stereocenters. The first-order valence-electron chi connectivity index (χ1n) is 8.46. The lowest BCUT2D eigenvalue weighted by Gasteiger charge is -2.52. The molecule has 20 heavy (non-hydrogen) atoms. The third-order valence-electron chi connectivity index (χ3n) is 5.67. The van der Waals surface area contributed by atoms with Crippen molar-refractivity contribution in [2.45, 2.75) is 90.6 Å². The van der Waals surface area contributed by atoms with Crippen LogP contribution in [-0.4, -0.2) is 10.7 Å². The molecule has 2 fully saturated rings. The normalized spacial score (nSPS) is 37.5. The van der Waals surface area contributed by atoms with Crippen LogP contribution in [0.4, 0.5) is 0 Å². The minimum Gasteiger partial charge on any atom is -0.388 e. The molecule has 2 unspecified atom stereocenters. The van der Waals surface area contributed by atoms with Crippen molar-refractivity contribution >= 4 is 0 Å². The standard InChI is InChI=1S/C18H31NO/c1-15-11-16(2,3)13-18(20,12-15)17(14-19)9-7-5-4-6-8-10-17/h15,20H,4-13H2,1-3H3. The highest BCUT2D eigenvalue weighted by atomic mass is 16.3. The lowest BCUT2D eigenvalue weighted by atomic mass is 9.54. The Balaban J connectivity index is 2.29. The molecule has 2 aliphatic rings. The maximum atomic E-state index is 11.4. The van der Waals surface area contributed by atoms with Crippen molar-refractivity contribution in [2.24, 2.45) is 16.7 Å². The first kappa shape index (κ1) is 15.8. The Labute approximate surface area is 124 Å². The summed E-state index contributed by atoms with van der Waals surface area (Å²) in [5.41, 5.74) is -1.13. The fourth-order valence-corrected chi connectivity index (χ4v) is 5.08. The summed E-state index contributed by atoms with van der Waals surface area (Å²) in [5, 5.41) is 21.4. The summed E-state index contributed by atoms with van der Waals surface area (Å²) >= 11 is 0. The highest BCUT2D eigenvalue weighted by molar-refractivity contribution is 5.14. The van der Waals surface area contributed by atoms with E-state index in [-0.39, 0.29) is 5.41 Å². The van der Waals surface area contributed by atoms with Crippen molar-refractivity contribution in [2.75, 3.05) is 0 Å². The first-order valence-corrected chi connectivity index (χ1v) is 8.46. The predicted octanol–water partition coefficient (Wildman–Crippen LogP) is 4.82. The van der Waals surface area contributed by atoms with Crippen LogP contribution in [0.15, 0.2) is 0 Å².